The van der Waals surface area contributed by atoms with Gasteiger partial charge in [-0.1, -0.05) is 89.0 Å². The van der Waals surface area contributed by atoms with E-state index in [1.165, 1.54) is 13.2 Å². The van der Waals surface area contributed by atoms with Gasteiger partial charge in [-0.15, -0.1) is 0 Å². The van der Waals surface area contributed by atoms with E-state index in [1.54, 1.807) is 45.2 Å². The minimum atomic E-state index is -1.28. The highest BCUT2D eigenvalue weighted by atomic mass is 35.5. The SMILES string of the molecule is COCCOCCOCCOCCOCCOCCOCCOCCOCCOCCOCCOCCOCCOCCOCCOCCOCCOCCOCCOCCOCCOCCOCCOCCC(=O)NCCCC[C@H](CC(=O)[C@@H](N)C(C)C)C(=O)CCc1ccc([C@H]2O[C@@H]2[C@@H](C)[C@@H]2C/C=C/C(=O)N[C@H](Cc3ccc(OC)c(Cl)c3)C(=O)NCC(C)(C)C(=O)O[C@@H](CC(C)C)C(=O)O2)cc1. The van der Waals surface area contributed by atoms with Crippen LogP contribution in [-0.4, -0.2) is 409 Å². The topological polar surface area (TPSA) is 443 Å². The van der Waals surface area contributed by atoms with Crippen molar-refractivity contribution >= 4 is 52.8 Å². The molecular weight excluding hydrogens is 1850 g/mol. The zero-order valence-electron chi connectivity index (χ0n) is 84.9. The molecule has 0 aromatic heterocycles. The second-order valence-corrected chi connectivity index (χ2v) is 34.8. The summed E-state index contributed by atoms with van der Waals surface area (Å²) < 4.78 is 156. The molecule has 0 bridgehead atoms. The Morgan fingerprint density at radius 1 is 0.479 bits per heavy atom. The van der Waals surface area contributed by atoms with Crippen LogP contribution in [-0.2, 0) is 174 Å². The van der Waals surface area contributed by atoms with Crippen molar-refractivity contribution in [2.45, 2.75) is 149 Å². The molecule has 5 N–H and O–H groups in total. The van der Waals surface area contributed by atoms with Crippen LogP contribution in [0.4, 0.5) is 0 Å². The van der Waals surface area contributed by atoms with Gasteiger partial charge in [0.1, 0.15) is 29.8 Å². The van der Waals surface area contributed by atoms with Crippen LogP contribution in [0.1, 0.15) is 123 Å². The Labute approximate surface area is 835 Å². The number of nitrogens with two attached hydrogens (primary N) is 1. The first-order valence-electron chi connectivity index (χ1n) is 49.7. The number of amides is 3. The van der Waals surface area contributed by atoms with Crippen molar-refractivity contribution in [1.82, 2.24) is 16.0 Å². The first kappa shape index (κ1) is 126. The average molecular weight is 2020 g/mol. The summed E-state index contributed by atoms with van der Waals surface area (Å²) in [5.41, 5.74) is 7.43. The van der Waals surface area contributed by atoms with Gasteiger partial charge in [0.05, 0.1) is 340 Å². The van der Waals surface area contributed by atoms with E-state index in [4.69, 9.17) is 150 Å². The molecule has 2 aromatic rings. The lowest BCUT2D eigenvalue weighted by Gasteiger charge is -2.29. The van der Waals surface area contributed by atoms with E-state index in [0.717, 1.165) is 11.1 Å². The number of esters is 2. The van der Waals surface area contributed by atoms with Crippen LogP contribution >= 0.6 is 11.6 Å². The van der Waals surface area contributed by atoms with Crippen LogP contribution in [0.5, 0.6) is 5.75 Å². The summed E-state index contributed by atoms with van der Waals surface area (Å²) in [6, 6.07) is 11.1. The molecule has 2 aromatic carbocycles. The zero-order chi connectivity index (χ0) is 101. The number of rotatable bonds is 93. The van der Waals surface area contributed by atoms with Gasteiger partial charge in [0.15, 0.2) is 11.9 Å². The summed E-state index contributed by atoms with van der Waals surface area (Å²) in [7, 11) is 3.13. The molecule has 1 fully saturated rings. The van der Waals surface area contributed by atoms with Crippen molar-refractivity contribution in [3.8, 4) is 5.75 Å². The summed E-state index contributed by atoms with van der Waals surface area (Å²) in [6.45, 7) is 34.5. The highest BCUT2D eigenvalue weighted by Gasteiger charge is 2.48. The lowest BCUT2D eigenvalue weighted by Crippen LogP contribution is -2.51. The van der Waals surface area contributed by atoms with E-state index in [2.05, 4.69) is 16.0 Å². The van der Waals surface area contributed by atoms with Gasteiger partial charge < -0.3 is 154 Å². The molecule has 806 valence electrons. The third-order valence-electron chi connectivity index (χ3n) is 21.6. The van der Waals surface area contributed by atoms with Crippen molar-refractivity contribution in [3.05, 3.63) is 76.3 Å². The molecule has 1 saturated heterocycles. The van der Waals surface area contributed by atoms with Gasteiger partial charge in [-0.2, -0.15) is 0 Å². The Hall–Kier alpha value is -6.08. The second-order valence-electron chi connectivity index (χ2n) is 34.4. The highest BCUT2D eigenvalue weighted by molar-refractivity contribution is 6.32. The maximum Gasteiger partial charge on any atom is 0.347 e. The number of carbonyl (C=O) groups is 7. The van der Waals surface area contributed by atoms with Crippen LogP contribution in [0, 0.1) is 29.1 Å². The highest BCUT2D eigenvalue weighted by Crippen LogP contribution is 2.45. The first-order valence-corrected chi connectivity index (χ1v) is 50.1. The molecule has 0 spiro atoms. The van der Waals surface area contributed by atoms with E-state index < -0.39 is 71.4 Å². The molecule has 0 saturated carbocycles. The fourth-order valence-corrected chi connectivity index (χ4v) is 13.7. The molecule has 2 aliphatic rings. The number of Topliss-reactive ketones (excluding diaryl/α,β-unsaturated/α-hetero) is 2. The van der Waals surface area contributed by atoms with Gasteiger partial charge in [0, 0.05) is 64.1 Å². The van der Waals surface area contributed by atoms with Crippen molar-refractivity contribution in [2.75, 3.05) is 338 Å². The number of epoxide rings is 1. The molecule has 0 unspecified atom stereocenters. The number of benzene rings is 2. The van der Waals surface area contributed by atoms with Crippen LogP contribution < -0.4 is 26.4 Å². The Kier molecular flexibility index (Phi) is 76.7. The fourth-order valence-electron chi connectivity index (χ4n) is 13.4. The van der Waals surface area contributed by atoms with Gasteiger partial charge in [-0.25, -0.2) is 4.79 Å². The lowest BCUT2D eigenvalue weighted by molar-refractivity contribution is -0.179. The molecule has 8 atom stereocenters. The van der Waals surface area contributed by atoms with Crippen molar-refractivity contribution in [3.63, 3.8) is 0 Å². The summed E-state index contributed by atoms with van der Waals surface area (Å²) in [6.07, 6.45) is 2.95. The number of nitrogens with one attached hydrogen (secondary N) is 3. The monoisotopic (exact) mass is 2020 g/mol. The van der Waals surface area contributed by atoms with E-state index in [1.807, 2.05) is 58.9 Å². The fraction of sp³-hybridized carbons (Fsp3) is 0.790. The van der Waals surface area contributed by atoms with Crippen LogP contribution in [0.3, 0.4) is 0 Å². The summed E-state index contributed by atoms with van der Waals surface area (Å²) in [4.78, 5) is 95.1. The number of halogens is 1. The molecule has 140 heavy (non-hydrogen) atoms. The third-order valence-corrected chi connectivity index (χ3v) is 21.9. The number of carbonyl (C=O) groups excluding carboxylic acids is 7. The number of hydrogen-bond donors (Lipinski definition) is 4. The van der Waals surface area contributed by atoms with Gasteiger partial charge in [0.2, 0.25) is 17.7 Å². The normalized spacial score (nSPS) is 17.4. The number of unbranched alkanes of at least 4 members (excludes halogenated alkanes) is 1. The number of ether oxygens (including phenoxy) is 28. The summed E-state index contributed by atoms with van der Waals surface area (Å²) in [5, 5.41) is 8.83. The number of cyclic esters (lactones) is 2. The predicted molar refractivity (Wildman–Crippen MR) is 518 cm³/mol. The lowest BCUT2D eigenvalue weighted by atomic mass is 9.86. The van der Waals surface area contributed by atoms with Gasteiger partial charge in [-0.3, -0.25) is 28.8 Å². The maximum atomic E-state index is 14.1. The van der Waals surface area contributed by atoms with Crippen LogP contribution in [0.15, 0.2) is 54.6 Å². The second kappa shape index (κ2) is 85.0. The predicted octanol–water partition coefficient (Wildman–Crippen LogP) is 6.89. The first-order chi connectivity index (χ1) is 68.1. The molecule has 4 rings (SSSR count). The Bertz CT molecular complexity index is 3470. The van der Waals surface area contributed by atoms with Crippen LogP contribution in [0.25, 0.3) is 0 Å². The van der Waals surface area contributed by atoms with Crippen molar-refractivity contribution in [1.29, 1.82) is 0 Å². The quantitative estimate of drug-likeness (QED) is 0.0297. The van der Waals surface area contributed by atoms with Crippen molar-refractivity contribution < 1.29 is 166 Å². The zero-order valence-corrected chi connectivity index (χ0v) is 85.7. The average Bonchev–Trinajstić information content (AvgIpc) is 1.63. The van der Waals surface area contributed by atoms with Crippen LogP contribution in [0.2, 0.25) is 5.02 Å². The summed E-state index contributed by atoms with van der Waals surface area (Å²) in [5.74, 6) is -3.55. The van der Waals surface area contributed by atoms with Gasteiger partial charge >= 0.3 is 11.9 Å². The Morgan fingerprint density at radius 3 is 1.22 bits per heavy atom. The molecule has 3 amide bonds. The molecule has 2 aliphatic heterocycles. The van der Waals surface area contributed by atoms with E-state index >= 15 is 0 Å². The molecule has 39 nitrogen and oxygen atoms in total. The minimum absolute atomic E-state index is 0.0343. The minimum Gasteiger partial charge on any atom is -0.495 e. The van der Waals surface area contributed by atoms with E-state index in [9.17, 15) is 33.6 Å². The number of ketones is 2. The Morgan fingerprint density at radius 2 is 0.857 bits per heavy atom. The van der Waals surface area contributed by atoms with Gasteiger partial charge in [0.25, 0.3) is 0 Å². The van der Waals surface area contributed by atoms with Crippen molar-refractivity contribution in [2.24, 2.45) is 34.8 Å². The number of hydrogen-bond acceptors (Lipinski definition) is 36. The molecular formula is C100H169ClN4O35. The number of aryl methyl sites for hydroxylation is 1. The van der Waals surface area contributed by atoms with E-state index in [0.29, 0.717) is 352 Å². The Balaban J connectivity index is 0.873. The standard InChI is InChI=1S/C100H169ClN4O35/c1-78(2)73-91-98(111)138-89(14-12-15-93(109)105-86(75-82-19-23-90(114-9)85(101)74-82)97(110)104-77-100(6,7)99(112)139-91)80(5)95-96(140-95)83-20-16-81(17-21-83)18-22-87(106)84(76-88(107)94(102)79(3)4)13-10-11-25-103-92(108)24-26-115-29-30-117-33-34-119-37-38-121-41-42-123-45-46-125-49-50-127-53-54-129-57-58-131-61-62-133-65-66-135-69-70-137-72-71-136-68-67-134-64-63-132-60-59-130-56-55-128-52-51-126-48-47-124-44-43-122-40-39-120-36-35-118-32-31-116-28-27-113-8/h12,15-17,19-21,23,74,78-80,84,86,89,91,94-96H,10-11,13-14,18,22,24-73,75-77,102H2,1-9H3,(H,103,108)(H,104,110)(H,105,109)/b15-12+/t80-,84+,86+,89-,91-,94-,95+,96+/m0/s1. The van der Waals surface area contributed by atoms with E-state index in [-0.39, 0.29) is 87.1 Å². The largest absolute Gasteiger partial charge is 0.495 e. The maximum absolute atomic E-state index is 14.1. The molecule has 0 radical (unpaired) electrons. The third kappa shape index (κ3) is 66.1. The summed E-state index contributed by atoms with van der Waals surface area (Å²) >= 11 is 6.42. The molecule has 40 heteroatoms. The van der Waals surface area contributed by atoms with Gasteiger partial charge in [-0.05, 0) is 86.3 Å². The molecule has 2 heterocycles. The smallest absolute Gasteiger partial charge is 0.347 e. The number of methoxy groups -OCH3 is 2. The molecule has 0 aliphatic carbocycles.